The largest absolute Gasteiger partial charge is 0.390 e. The summed E-state index contributed by atoms with van der Waals surface area (Å²) in [6, 6.07) is 11.7. The minimum Gasteiger partial charge on any atom is -0.390 e. The van der Waals surface area contributed by atoms with E-state index in [1.807, 2.05) is 0 Å². The second kappa shape index (κ2) is 9.04. The number of thiazole rings is 1. The maximum absolute atomic E-state index is 13.1. The van der Waals surface area contributed by atoms with Crippen LogP contribution in [0.2, 0.25) is 0 Å². The number of nitrogens with zero attached hydrogens (tertiary/aromatic N) is 2. The number of aliphatic hydroxyl groups is 1. The molecule has 33 heavy (non-hydrogen) atoms. The highest BCUT2D eigenvalue weighted by atomic mass is 32.2. The Bertz CT molecular complexity index is 1260. The highest BCUT2D eigenvalue weighted by molar-refractivity contribution is 7.90. The fourth-order valence-corrected chi connectivity index (χ4v) is 6.85. The van der Waals surface area contributed by atoms with E-state index < -0.39 is 15.4 Å². The van der Waals surface area contributed by atoms with Crippen molar-refractivity contribution in [3.8, 4) is 0 Å². The Morgan fingerprint density at radius 3 is 2.48 bits per heavy atom. The molecule has 0 radical (unpaired) electrons. The Labute approximate surface area is 198 Å². The first-order valence-electron chi connectivity index (χ1n) is 11.0. The van der Waals surface area contributed by atoms with Crippen LogP contribution in [0.4, 0.5) is 5.13 Å². The van der Waals surface area contributed by atoms with Crippen LogP contribution in [0.5, 0.6) is 0 Å². The number of likely N-dealkylation sites (tertiary alicyclic amines) is 1. The Morgan fingerprint density at radius 2 is 1.85 bits per heavy atom. The molecule has 1 aromatic heterocycles. The van der Waals surface area contributed by atoms with Crippen LogP contribution in [0.25, 0.3) is 10.2 Å². The maximum atomic E-state index is 13.1. The van der Waals surface area contributed by atoms with E-state index in [1.165, 1.54) is 11.3 Å². The van der Waals surface area contributed by atoms with Gasteiger partial charge in [-0.2, -0.15) is 0 Å². The topological polar surface area (TPSA) is 114 Å². The summed E-state index contributed by atoms with van der Waals surface area (Å²) in [5.74, 6) is 0.115. The van der Waals surface area contributed by atoms with Gasteiger partial charge in [-0.05, 0) is 55.0 Å². The fourth-order valence-electron chi connectivity index (χ4n) is 4.50. The van der Waals surface area contributed by atoms with Crippen molar-refractivity contribution in [3.63, 3.8) is 0 Å². The van der Waals surface area contributed by atoms with Crippen LogP contribution < -0.4 is 5.73 Å². The molecule has 0 saturated carbocycles. The maximum Gasteiger partial charge on any atom is 0.253 e. The summed E-state index contributed by atoms with van der Waals surface area (Å²) in [6.07, 6.45) is 1.87. The molecule has 0 bridgehead atoms. The van der Waals surface area contributed by atoms with Gasteiger partial charge in [0.25, 0.3) is 5.91 Å². The number of nitrogens with two attached hydrogens (primary N) is 1. The molecular weight excluding hydrogens is 458 g/mol. The van der Waals surface area contributed by atoms with Gasteiger partial charge in [0.15, 0.2) is 15.0 Å². The lowest BCUT2D eigenvalue weighted by atomic mass is 9.84. The van der Waals surface area contributed by atoms with Crippen molar-refractivity contribution in [1.82, 2.24) is 9.88 Å². The Balaban J connectivity index is 1.45. The number of nitrogen functional groups attached to an aromatic ring is 1. The third kappa shape index (κ3) is 5.20. The van der Waals surface area contributed by atoms with Gasteiger partial charge in [-0.25, -0.2) is 13.4 Å². The summed E-state index contributed by atoms with van der Waals surface area (Å²) in [6.45, 7) is 5.20. The van der Waals surface area contributed by atoms with Crippen molar-refractivity contribution >= 4 is 42.4 Å². The Morgan fingerprint density at radius 1 is 1.18 bits per heavy atom. The molecule has 9 heteroatoms. The number of piperidine rings is 1. The van der Waals surface area contributed by atoms with Gasteiger partial charge >= 0.3 is 0 Å². The zero-order valence-corrected chi connectivity index (χ0v) is 20.5. The third-order valence-corrected chi connectivity index (χ3v) is 8.62. The molecule has 3 aromatic rings. The van der Waals surface area contributed by atoms with Crippen LogP contribution in [-0.4, -0.2) is 48.0 Å². The number of amides is 1. The number of carbonyl (C=O) groups is 1. The number of para-hydroxylation sites is 1. The zero-order chi connectivity index (χ0) is 23.8. The molecule has 1 fully saturated rings. The summed E-state index contributed by atoms with van der Waals surface area (Å²) in [4.78, 5) is 19.0. The average Bonchev–Trinajstić information content (AvgIpc) is 3.13. The SMILES string of the molecule is CC(C)CC1(O)CCN(C(=O)c2ccc(CS(=O)(=O)c3cccc4sc(N)nc34)cc2)CC1. The standard InChI is InChI=1S/C24H29N3O4S2/c1-16(2)14-24(29)10-12-27(13-11-24)22(28)18-8-6-17(7-9-18)15-33(30,31)20-5-3-4-19-21(20)26-23(25)32-19/h3-9,16,29H,10-15H2,1-2H3,(H2,25,26). The summed E-state index contributed by atoms with van der Waals surface area (Å²) in [7, 11) is -3.64. The van der Waals surface area contributed by atoms with Crippen molar-refractivity contribution in [3.05, 3.63) is 53.6 Å². The first-order chi connectivity index (χ1) is 15.6. The molecule has 0 aliphatic carbocycles. The number of hydrogen-bond acceptors (Lipinski definition) is 7. The van der Waals surface area contributed by atoms with Crippen molar-refractivity contribution in [2.75, 3.05) is 18.8 Å². The number of benzene rings is 2. The van der Waals surface area contributed by atoms with Crippen LogP contribution >= 0.6 is 11.3 Å². The predicted molar refractivity (Wildman–Crippen MR) is 131 cm³/mol. The molecule has 4 rings (SSSR count). The monoisotopic (exact) mass is 487 g/mol. The van der Waals surface area contributed by atoms with Crippen LogP contribution in [0.3, 0.4) is 0 Å². The number of carbonyl (C=O) groups excluding carboxylic acids is 1. The second-order valence-electron chi connectivity index (χ2n) is 9.23. The number of hydrogen-bond donors (Lipinski definition) is 2. The molecule has 0 unspecified atom stereocenters. The smallest absolute Gasteiger partial charge is 0.253 e. The molecule has 1 amide bonds. The zero-order valence-electron chi connectivity index (χ0n) is 18.8. The third-order valence-electron chi connectivity index (χ3n) is 6.06. The van der Waals surface area contributed by atoms with Gasteiger partial charge < -0.3 is 15.7 Å². The summed E-state index contributed by atoms with van der Waals surface area (Å²) < 4.78 is 26.8. The lowest BCUT2D eigenvalue weighted by molar-refractivity contribution is -0.0311. The number of anilines is 1. The van der Waals surface area contributed by atoms with Crippen molar-refractivity contribution in [2.45, 2.75) is 49.4 Å². The average molecular weight is 488 g/mol. The first-order valence-corrected chi connectivity index (χ1v) is 13.5. The second-order valence-corrected chi connectivity index (χ2v) is 12.2. The number of sulfone groups is 1. The van der Waals surface area contributed by atoms with Crippen molar-refractivity contribution in [1.29, 1.82) is 0 Å². The van der Waals surface area contributed by atoms with Gasteiger partial charge in [-0.15, -0.1) is 0 Å². The highest BCUT2D eigenvalue weighted by Gasteiger charge is 2.34. The molecule has 176 valence electrons. The minimum atomic E-state index is -3.64. The van der Waals surface area contributed by atoms with E-state index in [1.54, 1.807) is 47.4 Å². The van der Waals surface area contributed by atoms with E-state index >= 15 is 0 Å². The number of aromatic nitrogens is 1. The quantitative estimate of drug-likeness (QED) is 0.546. The summed E-state index contributed by atoms with van der Waals surface area (Å²) >= 11 is 1.25. The summed E-state index contributed by atoms with van der Waals surface area (Å²) in [5, 5.41) is 11.0. The molecule has 1 saturated heterocycles. The van der Waals surface area contributed by atoms with E-state index in [-0.39, 0.29) is 16.6 Å². The molecule has 0 spiro atoms. The predicted octanol–water partition coefficient (Wildman–Crippen LogP) is 3.87. The molecule has 2 aromatic carbocycles. The van der Waals surface area contributed by atoms with Crippen LogP contribution in [0.15, 0.2) is 47.4 Å². The summed E-state index contributed by atoms with van der Waals surface area (Å²) in [5.41, 5.74) is 6.57. The van der Waals surface area contributed by atoms with E-state index in [2.05, 4.69) is 18.8 Å². The van der Waals surface area contributed by atoms with Crippen LogP contribution in [-0.2, 0) is 15.6 Å². The van der Waals surface area contributed by atoms with Gasteiger partial charge in [-0.3, -0.25) is 4.79 Å². The molecule has 3 N–H and O–H groups in total. The van der Waals surface area contributed by atoms with Crippen LogP contribution in [0.1, 0.15) is 49.0 Å². The van der Waals surface area contributed by atoms with Gasteiger partial charge in [0, 0.05) is 18.7 Å². The van der Waals surface area contributed by atoms with E-state index in [0.717, 1.165) is 11.1 Å². The van der Waals surface area contributed by atoms with Crippen molar-refractivity contribution in [2.24, 2.45) is 5.92 Å². The Kier molecular flexibility index (Phi) is 6.48. The molecular formula is C24H29N3O4S2. The molecule has 2 heterocycles. The fraction of sp³-hybridized carbons (Fsp3) is 0.417. The van der Waals surface area contributed by atoms with Gasteiger partial charge in [0.2, 0.25) is 0 Å². The van der Waals surface area contributed by atoms with Gasteiger partial charge in [0.1, 0.15) is 5.52 Å². The lowest BCUT2D eigenvalue weighted by Gasteiger charge is -2.39. The number of fused-ring (bicyclic) bond motifs is 1. The first kappa shape index (κ1) is 23.7. The minimum absolute atomic E-state index is 0.0984. The van der Waals surface area contributed by atoms with E-state index in [4.69, 9.17) is 5.73 Å². The molecule has 1 aliphatic rings. The van der Waals surface area contributed by atoms with Gasteiger partial charge in [0.05, 0.1) is 20.9 Å². The highest BCUT2D eigenvalue weighted by Crippen LogP contribution is 2.31. The molecule has 1 aliphatic heterocycles. The van der Waals surface area contributed by atoms with Gasteiger partial charge in [-0.1, -0.05) is 43.4 Å². The lowest BCUT2D eigenvalue weighted by Crippen LogP contribution is -2.47. The van der Waals surface area contributed by atoms with E-state index in [9.17, 15) is 18.3 Å². The normalized spacial score (nSPS) is 16.4. The molecule has 7 nitrogen and oxygen atoms in total. The number of rotatable bonds is 6. The molecule has 0 atom stereocenters. The Hall–Kier alpha value is -2.49. The van der Waals surface area contributed by atoms with Crippen LogP contribution in [0, 0.1) is 5.92 Å². The van der Waals surface area contributed by atoms with E-state index in [0.29, 0.717) is 53.6 Å². The van der Waals surface area contributed by atoms with Crippen molar-refractivity contribution < 1.29 is 18.3 Å².